The van der Waals surface area contributed by atoms with Crippen molar-refractivity contribution in [2.24, 2.45) is 0 Å². The van der Waals surface area contributed by atoms with Gasteiger partial charge in [-0.3, -0.25) is 4.79 Å². The Labute approximate surface area is 92.6 Å². The third-order valence-electron chi connectivity index (χ3n) is 1.54. The first-order chi connectivity index (χ1) is 7.26. The number of hydrogen-bond acceptors (Lipinski definition) is 6. The molecule has 0 radical (unpaired) electrons. The third kappa shape index (κ3) is 4.16. The van der Waals surface area contributed by atoms with Crippen molar-refractivity contribution in [2.75, 3.05) is 24.7 Å². The van der Waals surface area contributed by atoms with Crippen LogP contribution in [0.5, 0.6) is 0 Å². The summed E-state index contributed by atoms with van der Waals surface area (Å²) in [5.74, 6) is 0.775. The molecule has 0 aliphatic rings. The summed E-state index contributed by atoms with van der Waals surface area (Å²) < 4.78 is 4.80. The van der Waals surface area contributed by atoms with Gasteiger partial charge in [0.25, 0.3) is 0 Å². The first-order valence-corrected chi connectivity index (χ1v) is 5.53. The lowest BCUT2D eigenvalue weighted by Crippen LogP contribution is -2.06. The van der Waals surface area contributed by atoms with Gasteiger partial charge in [-0.1, -0.05) is 11.8 Å². The highest BCUT2D eigenvalue weighted by molar-refractivity contribution is 7.99. The molecule has 1 aromatic rings. The second-order valence-corrected chi connectivity index (χ2v) is 3.58. The number of carbonyl (C=O) groups is 1. The minimum atomic E-state index is -0.230. The van der Waals surface area contributed by atoms with Crippen molar-refractivity contribution in [3.8, 4) is 0 Å². The monoisotopic (exact) mass is 227 g/mol. The van der Waals surface area contributed by atoms with Gasteiger partial charge in [0.05, 0.1) is 12.4 Å². The van der Waals surface area contributed by atoms with E-state index in [9.17, 15) is 4.79 Å². The van der Waals surface area contributed by atoms with E-state index in [-0.39, 0.29) is 11.7 Å². The highest BCUT2D eigenvalue weighted by atomic mass is 32.2. The fourth-order valence-electron chi connectivity index (χ4n) is 0.891. The van der Waals surface area contributed by atoms with Gasteiger partial charge >= 0.3 is 5.97 Å². The number of aromatic nitrogens is 2. The normalized spacial score (nSPS) is 9.73. The van der Waals surface area contributed by atoms with Gasteiger partial charge in [0, 0.05) is 13.1 Å². The van der Waals surface area contributed by atoms with Gasteiger partial charge < -0.3 is 10.1 Å². The number of nitrogens with zero attached hydrogens (tertiary/aromatic N) is 2. The second kappa shape index (κ2) is 6.23. The van der Waals surface area contributed by atoms with Crippen LogP contribution in [-0.2, 0) is 9.53 Å². The Bertz CT molecular complexity index is 333. The van der Waals surface area contributed by atoms with E-state index < -0.39 is 0 Å². The maximum atomic E-state index is 11.1. The summed E-state index contributed by atoms with van der Waals surface area (Å²) in [4.78, 5) is 19.1. The number of nitrogens with one attached hydrogen (secondary N) is 1. The van der Waals surface area contributed by atoms with Crippen LogP contribution in [-0.4, -0.2) is 35.3 Å². The lowest BCUT2D eigenvalue weighted by molar-refractivity contribution is -0.139. The van der Waals surface area contributed by atoms with Crippen LogP contribution >= 0.6 is 11.8 Å². The van der Waals surface area contributed by atoms with Crippen LogP contribution in [0.3, 0.4) is 0 Å². The zero-order chi connectivity index (χ0) is 11.1. The van der Waals surface area contributed by atoms with Crippen molar-refractivity contribution in [2.45, 2.75) is 11.9 Å². The number of hydrogen-bond donors (Lipinski definition) is 1. The van der Waals surface area contributed by atoms with Crippen LogP contribution in [0.4, 0.5) is 5.82 Å². The quantitative estimate of drug-likeness (QED) is 0.463. The molecule has 0 aliphatic heterocycles. The predicted octanol–water partition coefficient (Wildman–Crippen LogP) is 1.17. The van der Waals surface area contributed by atoms with Gasteiger partial charge in [-0.05, 0) is 6.92 Å². The van der Waals surface area contributed by atoms with Crippen molar-refractivity contribution >= 4 is 23.5 Å². The summed E-state index contributed by atoms with van der Waals surface area (Å²) >= 11 is 1.33. The van der Waals surface area contributed by atoms with Crippen molar-refractivity contribution in [1.82, 2.24) is 9.97 Å². The molecule has 0 saturated carbocycles. The van der Waals surface area contributed by atoms with Gasteiger partial charge in [-0.25, -0.2) is 9.97 Å². The standard InChI is InChI=1S/C9H13N3O2S/c1-3-14-9(13)5-15-8-4-7(10-2)11-6-12-8/h4,6H,3,5H2,1-2H3,(H,10,11,12). The minimum Gasteiger partial charge on any atom is -0.465 e. The fourth-order valence-corrected chi connectivity index (χ4v) is 1.56. The molecule has 6 heteroatoms. The van der Waals surface area contributed by atoms with Crippen LogP contribution in [0.15, 0.2) is 17.4 Å². The Morgan fingerprint density at radius 2 is 2.40 bits per heavy atom. The van der Waals surface area contributed by atoms with Crippen LogP contribution < -0.4 is 5.32 Å². The van der Waals surface area contributed by atoms with E-state index in [2.05, 4.69) is 15.3 Å². The second-order valence-electron chi connectivity index (χ2n) is 2.59. The lowest BCUT2D eigenvalue weighted by Gasteiger charge is -2.02. The molecule has 0 fully saturated rings. The van der Waals surface area contributed by atoms with E-state index in [4.69, 9.17) is 4.74 Å². The number of anilines is 1. The highest BCUT2D eigenvalue weighted by Gasteiger charge is 2.04. The number of thioether (sulfide) groups is 1. The Hall–Kier alpha value is -1.30. The van der Waals surface area contributed by atoms with E-state index in [0.29, 0.717) is 6.61 Å². The van der Waals surface area contributed by atoms with Crippen LogP contribution in [0.1, 0.15) is 6.92 Å². The molecule has 0 aromatic carbocycles. The molecular formula is C9H13N3O2S. The highest BCUT2D eigenvalue weighted by Crippen LogP contribution is 2.16. The van der Waals surface area contributed by atoms with E-state index in [1.54, 1.807) is 20.0 Å². The molecule has 0 aliphatic carbocycles. The molecule has 5 nitrogen and oxygen atoms in total. The third-order valence-corrected chi connectivity index (χ3v) is 2.44. The molecule has 1 N–H and O–H groups in total. The van der Waals surface area contributed by atoms with E-state index >= 15 is 0 Å². The molecule has 0 spiro atoms. The molecule has 82 valence electrons. The molecule has 1 rings (SSSR count). The summed E-state index contributed by atoms with van der Waals surface area (Å²) in [5, 5.41) is 3.65. The average Bonchev–Trinajstić information content (AvgIpc) is 2.27. The van der Waals surface area contributed by atoms with Crippen molar-refractivity contribution in [1.29, 1.82) is 0 Å². The SMILES string of the molecule is CCOC(=O)CSc1cc(NC)ncn1. The Balaban J connectivity index is 2.46. The summed E-state index contributed by atoms with van der Waals surface area (Å²) in [6.07, 6.45) is 1.46. The first-order valence-electron chi connectivity index (χ1n) is 4.54. The largest absolute Gasteiger partial charge is 0.465 e. The van der Waals surface area contributed by atoms with Gasteiger partial charge in [-0.15, -0.1) is 0 Å². The Kier molecular flexibility index (Phi) is 4.89. The zero-order valence-electron chi connectivity index (χ0n) is 8.69. The molecule has 0 atom stereocenters. The minimum absolute atomic E-state index is 0.230. The lowest BCUT2D eigenvalue weighted by atomic mass is 10.6. The predicted molar refractivity (Wildman–Crippen MR) is 58.9 cm³/mol. The van der Waals surface area contributed by atoms with E-state index in [1.165, 1.54) is 18.1 Å². The Morgan fingerprint density at radius 3 is 3.07 bits per heavy atom. The molecule has 0 bridgehead atoms. The zero-order valence-corrected chi connectivity index (χ0v) is 9.50. The van der Waals surface area contributed by atoms with Crippen LogP contribution in [0.25, 0.3) is 0 Å². The summed E-state index contributed by atoms with van der Waals surface area (Å²) in [6, 6.07) is 1.78. The number of ether oxygens (including phenoxy) is 1. The topological polar surface area (TPSA) is 64.1 Å². The van der Waals surface area contributed by atoms with Crippen molar-refractivity contribution < 1.29 is 9.53 Å². The molecule has 15 heavy (non-hydrogen) atoms. The molecule has 0 unspecified atom stereocenters. The van der Waals surface area contributed by atoms with E-state index in [1.807, 2.05) is 0 Å². The fraction of sp³-hybridized carbons (Fsp3) is 0.444. The molecule has 0 amide bonds. The molecular weight excluding hydrogens is 214 g/mol. The smallest absolute Gasteiger partial charge is 0.316 e. The van der Waals surface area contributed by atoms with Gasteiger partial charge in [0.15, 0.2) is 0 Å². The molecule has 1 heterocycles. The van der Waals surface area contributed by atoms with Gasteiger partial charge in [0.1, 0.15) is 17.2 Å². The Morgan fingerprint density at radius 1 is 1.60 bits per heavy atom. The van der Waals surface area contributed by atoms with Gasteiger partial charge in [0.2, 0.25) is 0 Å². The first kappa shape index (κ1) is 11.8. The van der Waals surface area contributed by atoms with Crippen molar-refractivity contribution in [3.05, 3.63) is 12.4 Å². The number of rotatable bonds is 5. The number of esters is 1. The molecule has 0 saturated heterocycles. The van der Waals surface area contributed by atoms with Crippen molar-refractivity contribution in [3.63, 3.8) is 0 Å². The number of carbonyl (C=O) groups excluding carboxylic acids is 1. The van der Waals surface area contributed by atoms with Gasteiger partial charge in [-0.2, -0.15) is 0 Å². The molecule has 1 aromatic heterocycles. The summed E-state index contributed by atoms with van der Waals surface area (Å²) in [7, 11) is 1.78. The average molecular weight is 227 g/mol. The van der Waals surface area contributed by atoms with Crippen LogP contribution in [0, 0.1) is 0 Å². The maximum Gasteiger partial charge on any atom is 0.316 e. The summed E-state index contributed by atoms with van der Waals surface area (Å²) in [6.45, 7) is 2.19. The van der Waals surface area contributed by atoms with Crippen LogP contribution in [0.2, 0.25) is 0 Å². The summed E-state index contributed by atoms with van der Waals surface area (Å²) in [5.41, 5.74) is 0. The van der Waals surface area contributed by atoms with E-state index in [0.717, 1.165) is 10.8 Å². The maximum absolute atomic E-state index is 11.1.